The zero-order valence-electron chi connectivity index (χ0n) is 17.8. The van der Waals surface area contributed by atoms with Crippen molar-refractivity contribution in [2.45, 2.75) is 27.2 Å². The molecule has 0 heterocycles. The van der Waals surface area contributed by atoms with Crippen molar-refractivity contribution in [2.24, 2.45) is 4.99 Å². The molecule has 3 N–H and O–H groups in total. The second kappa shape index (κ2) is 11.7. The zero-order chi connectivity index (χ0) is 21.1. The number of hydrogen-bond donors (Lipinski definition) is 3. The van der Waals surface area contributed by atoms with Gasteiger partial charge in [0, 0.05) is 25.7 Å². The highest BCUT2D eigenvalue weighted by molar-refractivity contribution is 5.94. The van der Waals surface area contributed by atoms with Gasteiger partial charge in [0.15, 0.2) is 5.96 Å². The Morgan fingerprint density at radius 2 is 1.83 bits per heavy atom. The van der Waals surface area contributed by atoms with Gasteiger partial charge in [0.25, 0.3) is 5.91 Å². The molecular formula is C23H32N4O2. The molecule has 0 fully saturated rings. The maximum absolute atomic E-state index is 11.7. The van der Waals surface area contributed by atoms with Crippen molar-refractivity contribution in [3.8, 4) is 5.75 Å². The standard InChI is InChI=1S/C23H32N4O2/c1-5-25-23(27-11-12-29-21-14-17(2)13-18(3)15-21)26-10-9-19-7-6-8-20(16-19)22(28)24-4/h6-8,13-16H,5,9-12H2,1-4H3,(H,24,28)(H2,25,26,27). The second-order valence-electron chi connectivity index (χ2n) is 6.89. The number of nitrogens with one attached hydrogen (secondary N) is 3. The first kappa shape index (κ1) is 22.3. The number of benzene rings is 2. The topological polar surface area (TPSA) is 74.8 Å². The Labute approximate surface area is 173 Å². The third kappa shape index (κ3) is 7.86. The zero-order valence-corrected chi connectivity index (χ0v) is 17.8. The SMILES string of the molecule is CCNC(=NCCc1cccc(C(=O)NC)c1)NCCOc1cc(C)cc(C)c1. The lowest BCUT2D eigenvalue weighted by Gasteiger charge is -2.13. The first-order valence-electron chi connectivity index (χ1n) is 10.1. The second-order valence-corrected chi connectivity index (χ2v) is 6.89. The Kier molecular flexibility index (Phi) is 9.02. The van der Waals surface area contributed by atoms with Gasteiger partial charge in [-0.05, 0) is 68.1 Å². The number of amides is 1. The highest BCUT2D eigenvalue weighted by atomic mass is 16.5. The predicted octanol–water partition coefficient (Wildman–Crippen LogP) is 2.84. The van der Waals surface area contributed by atoms with Crippen molar-refractivity contribution in [2.75, 3.05) is 33.3 Å². The summed E-state index contributed by atoms with van der Waals surface area (Å²) in [5, 5.41) is 9.19. The van der Waals surface area contributed by atoms with Gasteiger partial charge in [-0.25, -0.2) is 0 Å². The van der Waals surface area contributed by atoms with Crippen LogP contribution in [0.4, 0.5) is 0 Å². The van der Waals surface area contributed by atoms with Crippen LogP contribution >= 0.6 is 0 Å². The Hall–Kier alpha value is -3.02. The molecule has 0 bridgehead atoms. The monoisotopic (exact) mass is 396 g/mol. The maximum atomic E-state index is 11.7. The molecule has 0 saturated carbocycles. The molecule has 29 heavy (non-hydrogen) atoms. The fraction of sp³-hybridized carbons (Fsp3) is 0.391. The van der Waals surface area contributed by atoms with Crippen molar-refractivity contribution < 1.29 is 9.53 Å². The van der Waals surface area contributed by atoms with E-state index < -0.39 is 0 Å². The van der Waals surface area contributed by atoms with E-state index in [-0.39, 0.29) is 5.91 Å². The number of hydrogen-bond acceptors (Lipinski definition) is 3. The Morgan fingerprint density at radius 3 is 2.52 bits per heavy atom. The van der Waals surface area contributed by atoms with E-state index in [1.807, 2.05) is 43.3 Å². The van der Waals surface area contributed by atoms with Gasteiger partial charge in [-0.3, -0.25) is 9.79 Å². The van der Waals surface area contributed by atoms with Crippen molar-refractivity contribution in [3.63, 3.8) is 0 Å². The summed E-state index contributed by atoms with van der Waals surface area (Å²) >= 11 is 0. The highest BCUT2D eigenvalue weighted by Gasteiger charge is 2.04. The average molecular weight is 397 g/mol. The lowest BCUT2D eigenvalue weighted by Crippen LogP contribution is -2.39. The molecule has 0 aromatic heterocycles. The van der Waals surface area contributed by atoms with Crippen LogP contribution in [0.25, 0.3) is 0 Å². The molecule has 156 valence electrons. The largest absolute Gasteiger partial charge is 0.492 e. The number of aryl methyl sites for hydroxylation is 2. The van der Waals surface area contributed by atoms with Gasteiger partial charge >= 0.3 is 0 Å². The number of aliphatic imine (C=N–C) groups is 1. The normalized spacial score (nSPS) is 11.1. The van der Waals surface area contributed by atoms with Crippen LogP contribution in [0.15, 0.2) is 47.5 Å². The van der Waals surface area contributed by atoms with Crippen molar-refractivity contribution in [1.82, 2.24) is 16.0 Å². The average Bonchev–Trinajstić information content (AvgIpc) is 2.70. The summed E-state index contributed by atoms with van der Waals surface area (Å²) in [6.07, 6.45) is 0.764. The molecule has 0 aliphatic rings. The van der Waals surface area contributed by atoms with Crippen LogP contribution in [-0.4, -0.2) is 45.2 Å². The van der Waals surface area contributed by atoms with Crippen LogP contribution in [0.2, 0.25) is 0 Å². The smallest absolute Gasteiger partial charge is 0.251 e. The van der Waals surface area contributed by atoms with Crippen molar-refractivity contribution in [3.05, 3.63) is 64.7 Å². The van der Waals surface area contributed by atoms with Crippen LogP contribution in [0.5, 0.6) is 5.75 Å². The van der Waals surface area contributed by atoms with E-state index in [2.05, 4.69) is 40.9 Å². The van der Waals surface area contributed by atoms with Gasteiger partial charge < -0.3 is 20.7 Å². The summed E-state index contributed by atoms with van der Waals surface area (Å²) in [5.74, 6) is 1.58. The van der Waals surface area contributed by atoms with Crippen molar-refractivity contribution >= 4 is 11.9 Å². The van der Waals surface area contributed by atoms with Gasteiger partial charge in [-0.2, -0.15) is 0 Å². The van der Waals surface area contributed by atoms with E-state index in [0.717, 1.165) is 30.2 Å². The Bertz CT molecular complexity index is 813. The predicted molar refractivity (Wildman–Crippen MR) is 119 cm³/mol. The number of ether oxygens (including phenoxy) is 1. The van der Waals surface area contributed by atoms with E-state index in [1.165, 1.54) is 11.1 Å². The number of carbonyl (C=O) groups excluding carboxylic acids is 1. The van der Waals surface area contributed by atoms with E-state index in [4.69, 9.17) is 4.74 Å². The quantitative estimate of drug-likeness (QED) is 0.346. The molecule has 2 aromatic rings. The lowest BCUT2D eigenvalue weighted by atomic mass is 10.1. The summed E-state index contributed by atoms with van der Waals surface area (Å²) in [6.45, 7) is 8.81. The van der Waals surface area contributed by atoms with E-state index in [9.17, 15) is 4.79 Å². The van der Waals surface area contributed by atoms with Crippen molar-refractivity contribution in [1.29, 1.82) is 0 Å². The maximum Gasteiger partial charge on any atom is 0.251 e. The molecule has 6 heteroatoms. The third-order valence-electron chi connectivity index (χ3n) is 4.29. The van der Waals surface area contributed by atoms with Gasteiger partial charge in [-0.15, -0.1) is 0 Å². The minimum Gasteiger partial charge on any atom is -0.492 e. The van der Waals surface area contributed by atoms with Crippen LogP contribution in [0, 0.1) is 13.8 Å². The van der Waals surface area contributed by atoms with E-state index in [1.54, 1.807) is 7.05 Å². The van der Waals surface area contributed by atoms with Gasteiger partial charge in [0.2, 0.25) is 0 Å². The minimum atomic E-state index is -0.0749. The Balaban J connectivity index is 1.82. The summed E-state index contributed by atoms with van der Waals surface area (Å²) in [5.41, 5.74) is 4.15. The number of rotatable bonds is 9. The summed E-state index contributed by atoms with van der Waals surface area (Å²) < 4.78 is 5.83. The Morgan fingerprint density at radius 1 is 1.07 bits per heavy atom. The van der Waals surface area contributed by atoms with Gasteiger partial charge in [0.05, 0.1) is 6.54 Å². The highest BCUT2D eigenvalue weighted by Crippen LogP contribution is 2.15. The molecule has 2 aromatic carbocycles. The third-order valence-corrected chi connectivity index (χ3v) is 4.29. The van der Waals surface area contributed by atoms with E-state index >= 15 is 0 Å². The number of nitrogens with zero attached hydrogens (tertiary/aromatic N) is 1. The van der Waals surface area contributed by atoms with Gasteiger partial charge in [0.1, 0.15) is 12.4 Å². The molecule has 0 unspecified atom stereocenters. The summed E-state index contributed by atoms with van der Waals surface area (Å²) in [6, 6.07) is 13.8. The molecule has 0 aliphatic carbocycles. The number of carbonyl (C=O) groups is 1. The molecule has 6 nitrogen and oxygen atoms in total. The molecule has 0 radical (unpaired) electrons. The van der Waals surface area contributed by atoms with Gasteiger partial charge in [-0.1, -0.05) is 18.2 Å². The fourth-order valence-corrected chi connectivity index (χ4v) is 3.01. The molecule has 2 rings (SSSR count). The fourth-order valence-electron chi connectivity index (χ4n) is 3.01. The molecule has 0 spiro atoms. The van der Waals surface area contributed by atoms with Crippen LogP contribution in [0.3, 0.4) is 0 Å². The van der Waals surface area contributed by atoms with Crippen LogP contribution in [0.1, 0.15) is 34.0 Å². The first-order chi connectivity index (χ1) is 14.0. The lowest BCUT2D eigenvalue weighted by molar-refractivity contribution is 0.0963. The summed E-state index contributed by atoms with van der Waals surface area (Å²) in [7, 11) is 1.64. The van der Waals surface area contributed by atoms with E-state index in [0.29, 0.717) is 25.3 Å². The molecule has 0 aliphatic heterocycles. The summed E-state index contributed by atoms with van der Waals surface area (Å²) in [4.78, 5) is 16.4. The minimum absolute atomic E-state index is 0.0749. The molecular weight excluding hydrogens is 364 g/mol. The first-order valence-corrected chi connectivity index (χ1v) is 10.1. The van der Waals surface area contributed by atoms with Crippen LogP contribution in [-0.2, 0) is 6.42 Å². The molecule has 0 atom stereocenters. The molecule has 0 saturated heterocycles. The molecule has 1 amide bonds. The number of guanidine groups is 1. The van der Waals surface area contributed by atoms with Crippen LogP contribution < -0.4 is 20.7 Å².